The van der Waals surface area contributed by atoms with Crippen LogP contribution in [0.1, 0.15) is 72.2 Å². The molecule has 9 heteroatoms. The van der Waals surface area contributed by atoms with Crippen LogP contribution in [0.4, 0.5) is 10.5 Å². The summed E-state index contributed by atoms with van der Waals surface area (Å²) >= 11 is 0. The number of rotatable bonds is 3. The predicted octanol–water partition coefficient (Wildman–Crippen LogP) is 4.64. The second-order valence-electron chi connectivity index (χ2n) is 11.3. The maximum atomic E-state index is 12.1. The topological polar surface area (TPSA) is 81.1 Å². The number of anilines is 1. The number of fused-ring (bicyclic) bond motifs is 1. The molecule has 3 rings (SSSR count). The van der Waals surface area contributed by atoms with Crippen molar-refractivity contribution in [3.63, 3.8) is 0 Å². The first-order valence-electron chi connectivity index (χ1n) is 11.0. The molecule has 0 spiro atoms. The zero-order valence-electron chi connectivity index (χ0n) is 20.6. The Kier molecular flexibility index (Phi) is 5.92. The van der Waals surface area contributed by atoms with Crippen LogP contribution in [0.5, 0.6) is 0 Å². The minimum Gasteiger partial charge on any atom is -0.465 e. The van der Waals surface area contributed by atoms with Gasteiger partial charge in [0.1, 0.15) is 0 Å². The van der Waals surface area contributed by atoms with Crippen LogP contribution in [-0.4, -0.2) is 49.4 Å². The molecule has 1 saturated heterocycles. The normalized spacial score (nSPS) is 23.1. The third-order valence-corrected chi connectivity index (χ3v) is 12.0. The van der Waals surface area contributed by atoms with Gasteiger partial charge in [0.25, 0.3) is 0 Å². The molecule has 0 radical (unpaired) electrons. The van der Waals surface area contributed by atoms with E-state index < -0.39 is 32.7 Å². The van der Waals surface area contributed by atoms with E-state index in [-0.39, 0.29) is 11.1 Å². The lowest BCUT2D eigenvalue weighted by Gasteiger charge is -2.42. The molecule has 1 amide bonds. The van der Waals surface area contributed by atoms with Gasteiger partial charge in [0.2, 0.25) is 0 Å². The summed E-state index contributed by atoms with van der Waals surface area (Å²) in [5, 5.41) is 9.93. The van der Waals surface area contributed by atoms with E-state index in [0.717, 1.165) is 11.0 Å². The van der Waals surface area contributed by atoms with Crippen molar-refractivity contribution in [1.82, 2.24) is 4.98 Å². The van der Waals surface area contributed by atoms with E-state index in [1.165, 1.54) is 4.90 Å². The van der Waals surface area contributed by atoms with Crippen molar-refractivity contribution >= 4 is 32.7 Å². The third-order valence-electron chi connectivity index (χ3n) is 7.54. The molecule has 0 aromatic carbocycles. The molecule has 172 valence electrons. The van der Waals surface area contributed by atoms with Gasteiger partial charge in [0.15, 0.2) is 8.32 Å². The highest BCUT2D eigenvalue weighted by Gasteiger charge is 2.53. The second kappa shape index (κ2) is 7.57. The summed E-state index contributed by atoms with van der Waals surface area (Å²) in [4.78, 5) is 18.2. The smallest absolute Gasteiger partial charge is 0.465 e. The lowest BCUT2D eigenvalue weighted by Crippen LogP contribution is -2.46. The summed E-state index contributed by atoms with van der Waals surface area (Å²) in [7, 11) is -2.66. The summed E-state index contributed by atoms with van der Waals surface area (Å²) in [6, 6.07) is 0. The fourth-order valence-corrected chi connectivity index (χ4v) is 5.04. The Hall–Kier alpha value is -1.42. The van der Waals surface area contributed by atoms with Gasteiger partial charge in [-0.05, 0) is 64.7 Å². The molecule has 31 heavy (non-hydrogen) atoms. The quantitative estimate of drug-likeness (QED) is 0.679. The summed E-state index contributed by atoms with van der Waals surface area (Å²) in [6.07, 6.45) is 1.15. The molecule has 7 nitrogen and oxygen atoms in total. The Morgan fingerprint density at radius 3 is 2.29 bits per heavy atom. The van der Waals surface area contributed by atoms with Crippen LogP contribution in [0.2, 0.25) is 18.1 Å². The van der Waals surface area contributed by atoms with Crippen molar-refractivity contribution in [1.29, 1.82) is 0 Å². The highest BCUT2D eigenvalue weighted by Crippen LogP contribution is 2.44. The standard InChI is InChI=1S/C22H37BN2O5Si/c1-14-15(23-29-21(5,6)22(7,8)30-23)13-24-17-16(28-31(9,10)20(2,3)4)11-12-25(18(14)17)19(26)27/h13,16H,11-12H2,1-10H3,(H,26,27). The summed E-state index contributed by atoms with van der Waals surface area (Å²) in [5.74, 6) is 0. The van der Waals surface area contributed by atoms with Gasteiger partial charge in [-0.2, -0.15) is 0 Å². The average Bonchev–Trinajstić information content (AvgIpc) is 2.81. The van der Waals surface area contributed by atoms with Gasteiger partial charge >= 0.3 is 13.2 Å². The first kappa shape index (κ1) is 24.2. The van der Waals surface area contributed by atoms with Gasteiger partial charge < -0.3 is 18.8 Å². The van der Waals surface area contributed by atoms with Crippen LogP contribution >= 0.6 is 0 Å². The molecule has 2 aliphatic rings. The SMILES string of the molecule is Cc1c(B2OC(C)(C)C(C)(C)O2)cnc2c1N(C(=O)O)CCC2O[Si](C)(C)C(C)(C)C. The molecule has 0 bridgehead atoms. The number of amides is 1. The first-order valence-corrected chi connectivity index (χ1v) is 13.9. The summed E-state index contributed by atoms with van der Waals surface area (Å²) < 4.78 is 19.1. The molecule has 1 unspecified atom stereocenters. The molecular formula is C22H37BN2O5Si. The maximum Gasteiger partial charge on any atom is 0.496 e. The van der Waals surface area contributed by atoms with Crippen molar-refractivity contribution in [3.05, 3.63) is 17.5 Å². The van der Waals surface area contributed by atoms with Gasteiger partial charge in [-0.25, -0.2) is 4.79 Å². The molecule has 1 aromatic rings. The highest BCUT2D eigenvalue weighted by molar-refractivity contribution is 6.74. The number of hydrogen-bond donors (Lipinski definition) is 1. The summed E-state index contributed by atoms with van der Waals surface area (Å²) in [6.45, 7) is 21.3. The molecule has 1 aromatic heterocycles. The molecule has 0 saturated carbocycles. The Morgan fingerprint density at radius 2 is 1.81 bits per heavy atom. The van der Waals surface area contributed by atoms with Crippen molar-refractivity contribution < 1.29 is 23.6 Å². The maximum absolute atomic E-state index is 12.1. The molecule has 2 aliphatic heterocycles. The number of aromatic nitrogens is 1. The average molecular weight is 448 g/mol. The van der Waals surface area contributed by atoms with Crippen molar-refractivity contribution in [2.24, 2.45) is 0 Å². The lowest BCUT2D eigenvalue weighted by molar-refractivity contribution is 0.00578. The van der Waals surface area contributed by atoms with Gasteiger partial charge in [-0.1, -0.05) is 20.8 Å². The first-order chi connectivity index (χ1) is 14.0. The molecule has 1 N–H and O–H groups in total. The van der Waals surface area contributed by atoms with E-state index in [1.54, 1.807) is 6.20 Å². The number of nitrogens with zero attached hydrogens (tertiary/aromatic N) is 2. The predicted molar refractivity (Wildman–Crippen MR) is 126 cm³/mol. The van der Waals surface area contributed by atoms with Gasteiger partial charge in [-0.3, -0.25) is 9.88 Å². The number of pyridine rings is 1. The fraction of sp³-hybridized carbons (Fsp3) is 0.727. The minimum atomic E-state index is -2.06. The van der Waals surface area contributed by atoms with Crippen LogP contribution < -0.4 is 10.4 Å². The number of carbonyl (C=O) groups is 1. The Labute approximate surface area is 187 Å². The van der Waals surface area contributed by atoms with Crippen LogP contribution in [0.3, 0.4) is 0 Å². The largest absolute Gasteiger partial charge is 0.496 e. The van der Waals surface area contributed by atoms with E-state index in [2.05, 4.69) is 33.9 Å². The van der Waals surface area contributed by atoms with Crippen molar-refractivity contribution in [2.75, 3.05) is 11.4 Å². The van der Waals surface area contributed by atoms with Crippen LogP contribution in [0.25, 0.3) is 0 Å². The zero-order chi connectivity index (χ0) is 23.6. The van der Waals surface area contributed by atoms with E-state index >= 15 is 0 Å². The lowest BCUT2D eigenvalue weighted by atomic mass is 9.76. The molecule has 0 aliphatic carbocycles. The Morgan fingerprint density at radius 1 is 1.26 bits per heavy atom. The van der Waals surface area contributed by atoms with Crippen LogP contribution in [0.15, 0.2) is 6.20 Å². The fourth-order valence-electron chi connectivity index (χ4n) is 3.74. The number of carboxylic acid groups (broad SMARTS) is 1. The molecular weight excluding hydrogens is 411 g/mol. The van der Waals surface area contributed by atoms with Gasteiger partial charge in [0.05, 0.1) is 28.7 Å². The van der Waals surface area contributed by atoms with Crippen molar-refractivity contribution in [3.8, 4) is 0 Å². The molecule has 3 heterocycles. The molecule has 1 fully saturated rings. The third kappa shape index (κ3) is 4.17. The highest BCUT2D eigenvalue weighted by atomic mass is 28.4. The number of hydrogen-bond acceptors (Lipinski definition) is 5. The minimum absolute atomic E-state index is 0.0504. The molecule has 1 atom stereocenters. The second-order valence-corrected chi connectivity index (χ2v) is 16.0. The van der Waals surface area contributed by atoms with E-state index in [9.17, 15) is 9.90 Å². The van der Waals surface area contributed by atoms with Crippen molar-refractivity contribution in [2.45, 2.75) is 97.2 Å². The van der Waals surface area contributed by atoms with Gasteiger partial charge in [-0.15, -0.1) is 0 Å². The van der Waals surface area contributed by atoms with E-state index in [1.807, 2.05) is 34.6 Å². The van der Waals surface area contributed by atoms with Crippen LogP contribution in [-0.2, 0) is 13.7 Å². The monoisotopic (exact) mass is 448 g/mol. The van der Waals surface area contributed by atoms with Gasteiger partial charge in [0, 0.05) is 18.2 Å². The van der Waals surface area contributed by atoms with Crippen LogP contribution in [0, 0.1) is 6.92 Å². The Bertz CT molecular complexity index is 865. The Balaban J connectivity index is 2.05. The zero-order valence-corrected chi connectivity index (χ0v) is 21.6. The van der Waals surface area contributed by atoms with E-state index in [4.69, 9.17) is 18.7 Å². The summed E-state index contributed by atoms with van der Waals surface area (Å²) in [5.41, 5.74) is 1.90. The van der Waals surface area contributed by atoms with E-state index in [0.29, 0.717) is 24.3 Å².